The minimum atomic E-state index is -0.431. The molecule has 1 N–H and O–H groups in total. The Kier molecular flexibility index (Phi) is 5.79. The quantitative estimate of drug-likeness (QED) is 0.364. The number of nitro groups is 1. The van der Waals surface area contributed by atoms with Crippen molar-refractivity contribution in [2.75, 3.05) is 5.43 Å². The van der Waals surface area contributed by atoms with Crippen LogP contribution in [-0.4, -0.2) is 10.6 Å². The molecule has 0 unspecified atom stereocenters. The third kappa shape index (κ3) is 5.15. The highest BCUT2D eigenvalue weighted by Gasteiger charge is 2.04. The normalized spacial score (nSPS) is 11.1. The summed E-state index contributed by atoms with van der Waals surface area (Å²) in [7, 11) is 0. The molecule has 0 aromatic heterocycles. The van der Waals surface area contributed by atoms with E-state index in [2.05, 4.69) is 10.5 Å². The summed E-state index contributed by atoms with van der Waals surface area (Å²) in [5, 5.41) is 15.0. The summed E-state index contributed by atoms with van der Waals surface area (Å²) in [6, 6.07) is 23.8. The summed E-state index contributed by atoms with van der Waals surface area (Å²) in [6.07, 6.45) is 0. The first-order valence-corrected chi connectivity index (χ1v) is 8.44. The Morgan fingerprint density at radius 3 is 2.30 bits per heavy atom. The molecule has 3 aromatic carbocycles. The Morgan fingerprint density at radius 2 is 1.67 bits per heavy atom. The molecule has 0 aliphatic heterocycles. The fourth-order valence-electron chi connectivity index (χ4n) is 2.40. The number of nitrogens with zero attached hydrogens (tertiary/aromatic N) is 2. The first-order chi connectivity index (χ1) is 13.1. The fraction of sp³-hybridized carbons (Fsp3) is 0.0952. The van der Waals surface area contributed by atoms with E-state index in [1.54, 1.807) is 12.1 Å². The molecule has 6 heteroatoms. The van der Waals surface area contributed by atoms with Crippen LogP contribution in [0.25, 0.3) is 0 Å². The van der Waals surface area contributed by atoms with Crippen molar-refractivity contribution in [3.05, 3.63) is 100 Å². The predicted molar refractivity (Wildman–Crippen MR) is 106 cm³/mol. The zero-order valence-electron chi connectivity index (χ0n) is 14.8. The zero-order chi connectivity index (χ0) is 19.1. The van der Waals surface area contributed by atoms with Gasteiger partial charge >= 0.3 is 0 Å². The van der Waals surface area contributed by atoms with Crippen LogP contribution in [0.15, 0.2) is 84.0 Å². The van der Waals surface area contributed by atoms with Gasteiger partial charge in [-0.15, -0.1) is 0 Å². The molecule has 0 radical (unpaired) electrons. The second-order valence-corrected chi connectivity index (χ2v) is 5.91. The van der Waals surface area contributed by atoms with Crippen LogP contribution in [0.4, 0.5) is 11.4 Å². The van der Waals surface area contributed by atoms with Crippen LogP contribution in [-0.2, 0) is 6.61 Å². The Bertz CT molecular complexity index is 921. The van der Waals surface area contributed by atoms with E-state index in [1.807, 2.05) is 61.5 Å². The number of non-ortho nitro benzene ring substituents is 1. The molecule has 3 rings (SSSR count). The number of nitro benzene ring substituents is 1. The first kappa shape index (κ1) is 18.1. The maximum Gasteiger partial charge on any atom is 0.269 e. The average molecular weight is 361 g/mol. The summed E-state index contributed by atoms with van der Waals surface area (Å²) in [5.41, 5.74) is 6.50. The maximum absolute atomic E-state index is 10.7. The number of ether oxygens (including phenoxy) is 1. The van der Waals surface area contributed by atoms with Gasteiger partial charge in [0.25, 0.3) is 5.69 Å². The highest BCUT2D eigenvalue weighted by atomic mass is 16.6. The lowest BCUT2D eigenvalue weighted by molar-refractivity contribution is -0.384. The first-order valence-electron chi connectivity index (χ1n) is 8.44. The number of hydrazone groups is 1. The molecule has 0 heterocycles. The molecule has 6 nitrogen and oxygen atoms in total. The predicted octanol–water partition coefficient (Wildman–Crippen LogP) is 5.01. The molecule has 0 aliphatic carbocycles. The molecule has 0 spiro atoms. The molecule has 136 valence electrons. The molecule has 0 bridgehead atoms. The lowest BCUT2D eigenvalue weighted by atomic mass is 10.1. The highest BCUT2D eigenvalue weighted by molar-refractivity contribution is 5.99. The van der Waals surface area contributed by atoms with Crippen molar-refractivity contribution >= 4 is 17.1 Å². The van der Waals surface area contributed by atoms with Gasteiger partial charge in [-0.3, -0.25) is 15.5 Å². The van der Waals surface area contributed by atoms with Crippen molar-refractivity contribution in [1.82, 2.24) is 0 Å². The maximum atomic E-state index is 10.7. The van der Waals surface area contributed by atoms with E-state index in [0.717, 1.165) is 22.6 Å². The zero-order valence-corrected chi connectivity index (χ0v) is 14.8. The third-order valence-electron chi connectivity index (χ3n) is 3.95. The molecular formula is C21H19N3O3. The molecule has 0 aliphatic rings. The largest absolute Gasteiger partial charge is 0.489 e. The summed E-state index contributed by atoms with van der Waals surface area (Å²) < 4.78 is 5.78. The van der Waals surface area contributed by atoms with Gasteiger partial charge in [-0.1, -0.05) is 30.3 Å². The Balaban J connectivity index is 1.58. The van der Waals surface area contributed by atoms with Gasteiger partial charge in [-0.05, 0) is 54.4 Å². The summed E-state index contributed by atoms with van der Waals surface area (Å²) in [4.78, 5) is 10.2. The van der Waals surface area contributed by atoms with E-state index in [1.165, 1.54) is 12.1 Å². The van der Waals surface area contributed by atoms with E-state index in [4.69, 9.17) is 4.74 Å². The van der Waals surface area contributed by atoms with Crippen LogP contribution in [0.2, 0.25) is 0 Å². The second-order valence-electron chi connectivity index (χ2n) is 5.91. The van der Waals surface area contributed by atoms with Crippen molar-refractivity contribution in [1.29, 1.82) is 0 Å². The molecule has 0 fully saturated rings. The Labute approximate surface area is 157 Å². The van der Waals surface area contributed by atoms with Gasteiger partial charge in [0.2, 0.25) is 0 Å². The van der Waals surface area contributed by atoms with Gasteiger partial charge in [0, 0.05) is 12.1 Å². The number of rotatable bonds is 7. The molecule has 0 saturated carbocycles. The van der Waals surface area contributed by atoms with Gasteiger partial charge in [-0.25, -0.2) is 0 Å². The van der Waals surface area contributed by atoms with Crippen LogP contribution < -0.4 is 10.2 Å². The van der Waals surface area contributed by atoms with Gasteiger partial charge in [-0.2, -0.15) is 5.10 Å². The molecule has 27 heavy (non-hydrogen) atoms. The monoisotopic (exact) mass is 361 g/mol. The summed E-state index contributed by atoms with van der Waals surface area (Å²) >= 11 is 0. The minimum Gasteiger partial charge on any atom is -0.489 e. The van der Waals surface area contributed by atoms with Crippen molar-refractivity contribution < 1.29 is 9.66 Å². The SMILES string of the molecule is C/C(=N/Nc1ccc([N+](=O)[O-])cc1)c1ccc(OCc2ccccc2)cc1. The average Bonchev–Trinajstić information content (AvgIpc) is 2.72. The lowest BCUT2D eigenvalue weighted by Gasteiger charge is -2.08. The lowest BCUT2D eigenvalue weighted by Crippen LogP contribution is -2.00. The smallest absolute Gasteiger partial charge is 0.269 e. The van der Waals surface area contributed by atoms with Gasteiger partial charge in [0.15, 0.2) is 0 Å². The molecule has 3 aromatic rings. The number of hydrogen-bond acceptors (Lipinski definition) is 5. The van der Waals surface area contributed by atoms with Crippen molar-refractivity contribution in [2.45, 2.75) is 13.5 Å². The van der Waals surface area contributed by atoms with E-state index in [-0.39, 0.29) is 5.69 Å². The fourth-order valence-corrected chi connectivity index (χ4v) is 2.40. The van der Waals surface area contributed by atoms with Gasteiger partial charge < -0.3 is 4.74 Å². The topological polar surface area (TPSA) is 76.8 Å². The van der Waals surface area contributed by atoms with E-state index >= 15 is 0 Å². The second kappa shape index (κ2) is 8.62. The van der Waals surface area contributed by atoms with E-state index in [0.29, 0.717) is 12.3 Å². The van der Waals surface area contributed by atoms with Crippen LogP contribution >= 0.6 is 0 Å². The van der Waals surface area contributed by atoms with Crippen molar-refractivity contribution in [2.24, 2.45) is 5.10 Å². The molecule has 0 amide bonds. The summed E-state index contributed by atoms with van der Waals surface area (Å²) in [5.74, 6) is 0.790. The van der Waals surface area contributed by atoms with Gasteiger partial charge in [0.05, 0.1) is 16.3 Å². The van der Waals surface area contributed by atoms with Crippen LogP contribution in [0.1, 0.15) is 18.1 Å². The van der Waals surface area contributed by atoms with Crippen LogP contribution in [0.3, 0.4) is 0 Å². The van der Waals surface area contributed by atoms with E-state index in [9.17, 15) is 10.1 Å². The highest BCUT2D eigenvalue weighted by Crippen LogP contribution is 2.17. The molecule has 0 saturated heterocycles. The third-order valence-corrected chi connectivity index (χ3v) is 3.95. The van der Waals surface area contributed by atoms with Crippen LogP contribution in [0.5, 0.6) is 5.75 Å². The number of benzene rings is 3. The van der Waals surface area contributed by atoms with Crippen molar-refractivity contribution in [3.8, 4) is 5.75 Å². The van der Waals surface area contributed by atoms with Crippen molar-refractivity contribution in [3.63, 3.8) is 0 Å². The minimum absolute atomic E-state index is 0.0485. The summed E-state index contributed by atoms with van der Waals surface area (Å²) in [6.45, 7) is 2.41. The number of nitrogens with one attached hydrogen (secondary N) is 1. The Morgan fingerprint density at radius 1 is 1.00 bits per heavy atom. The van der Waals surface area contributed by atoms with Crippen LogP contribution in [0, 0.1) is 10.1 Å². The standard InChI is InChI=1S/C21H19N3O3/c1-16(22-23-19-9-11-20(12-10-19)24(25)26)18-7-13-21(14-8-18)27-15-17-5-3-2-4-6-17/h2-14,23H,15H2,1H3/b22-16-. The molecule has 0 atom stereocenters. The van der Waals surface area contributed by atoms with Gasteiger partial charge in [0.1, 0.15) is 12.4 Å². The molecular weight excluding hydrogens is 342 g/mol. The van der Waals surface area contributed by atoms with E-state index < -0.39 is 4.92 Å². The number of hydrogen-bond donors (Lipinski definition) is 1. The number of anilines is 1. The Hall–Kier alpha value is -3.67.